The van der Waals surface area contributed by atoms with E-state index in [1.165, 1.54) is 22.3 Å². The van der Waals surface area contributed by atoms with E-state index in [1.807, 2.05) is 16.8 Å². The zero-order chi connectivity index (χ0) is 15.4. The summed E-state index contributed by atoms with van der Waals surface area (Å²) in [5.74, 6) is -2.22. The van der Waals surface area contributed by atoms with Crippen molar-refractivity contribution in [2.24, 2.45) is 0 Å². The minimum absolute atomic E-state index is 0.232. The Hall–Kier alpha value is -2.41. The fourth-order valence-electron chi connectivity index (χ4n) is 1.71. The lowest BCUT2D eigenvalue weighted by molar-refractivity contribution is 0.0692. The Labute approximate surface area is 124 Å². The van der Waals surface area contributed by atoms with E-state index in [0.29, 0.717) is 6.54 Å². The van der Waals surface area contributed by atoms with Crippen LogP contribution in [0.4, 0.5) is 14.9 Å². The van der Waals surface area contributed by atoms with Gasteiger partial charge in [-0.2, -0.15) is 11.3 Å². The van der Waals surface area contributed by atoms with Crippen LogP contribution in [0.25, 0.3) is 0 Å². The van der Waals surface area contributed by atoms with Crippen molar-refractivity contribution in [3.05, 3.63) is 52.0 Å². The monoisotopic (exact) mass is 308 g/mol. The molecule has 1 aromatic carbocycles. The van der Waals surface area contributed by atoms with Crippen molar-refractivity contribution in [1.82, 2.24) is 4.90 Å². The van der Waals surface area contributed by atoms with Crippen LogP contribution < -0.4 is 5.32 Å². The van der Waals surface area contributed by atoms with Gasteiger partial charge in [-0.05, 0) is 40.6 Å². The Morgan fingerprint density at radius 2 is 2.14 bits per heavy atom. The maximum absolute atomic E-state index is 13.3. The molecule has 0 atom stereocenters. The lowest BCUT2D eigenvalue weighted by Crippen LogP contribution is -2.30. The van der Waals surface area contributed by atoms with Crippen LogP contribution in [0, 0.1) is 5.82 Å². The number of carboxylic acid groups (broad SMARTS) is 1. The molecule has 2 N–H and O–H groups in total. The molecule has 0 spiro atoms. The van der Waals surface area contributed by atoms with E-state index in [1.54, 1.807) is 7.05 Å². The molecule has 1 aromatic heterocycles. The first-order chi connectivity index (χ1) is 9.97. The average Bonchev–Trinajstić information content (AvgIpc) is 2.93. The second-order valence-electron chi connectivity index (χ2n) is 4.42. The highest BCUT2D eigenvalue weighted by Gasteiger charge is 2.14. The summed E-state index contributed by atoms with van der Waals surface area (Å²) in [7, 11) is 1.62. The summed E-state index contributed by atoms with van der Waals surface area (Å²) < 4.78 is 13.3. The van der Waals surface area contributed by atoms with Gasteiger partial charge in [-0.3, -0.25) is 0 Å². The lowest BCUT2D eigenvalue weighted by Gasteiger charge is -2.17. The first-order valence-corrected chi connectivity index (χ1v) is 6.97. The van der Waals surface area contributed by atoms with Gasteiger partial charge in [-0.1, -0.05) is 0 Å². The van der Waals surface area contributed by atoms with Gasteiger partial charge in [0.1, 0.15) is 5.82 Å². The predicted molar refractivity (Wildman–Crippen MR) is 78.2 cm³/mol. The molecule has 0 saturated heterocycles. The van der Waals surface area contributed by atoms with Gasteiger partial charge in [0.25, 0.3) is 0 Å². The SMILES string of the molecule is CN(Cc1ccsc1)C(=O)Nc1ccc(F)c(C(=O)O)c1. The van der Waals surface area contributed by atoms with Crippen LogP contribution in [0.5, 0.6) is 0 Å². The van der Waals surface area contributed by atoms with Crippen molar-refractivity contribution < 1.29 is 19.1 Å². The molecule has 0 bridgehead atoms. The summed E-state index contributed by atoms with van der Waals surface area (Å²) in [6.45, 7) is 0.433. The van der Waals surface area contributed by atoms with Gasteiger partial charge in [0, 0.05) is 19.3 Å². The van der Waals surface area contributed by atoms with E-state index in [9.17, 15) is 14.0 Å². The number of hydrogen-bond acceptors (Lipinski definition) is 3. The molecule has 0 aliphatic carbocycles. The molecule has 5 nitrogen and oxygen atoms in total. The van der Waals surface area contributed by atoms with E-state index in [0.717, 1.165) is 17.7 Å². The van der Waals surface area contributed by atoms with Crippen molar-refractivity contribution in [1.29, 1.82) is 0 Å². The third-order valence-electron chi connectivity index (χ3n) is 2.79. The number of anilines is 1. The van der Waals surface area contributed by atoms with Gasteiger partial charge in [0.05, 0.1) is 5.56 Å². The number of benzene rings is 1. The fraction of sp³-hybridized carbons (Fsp3) is 0.143. The summed E-state index contributed by atoms with van der Waals surface area (Å²) >= 11 is 1.54. The number of nitrogens with one attached hydrogen (secondary N) is 1. The van der Waals surface area contributed by atoms with Crippen LogP contribution in [-0.2, 0) is 6.54 Å². The van der Waals surface area contributed by atoms with E-state index >= 15 is 0 Å². The minimum atomic E-state index is -1.38. The Morgan fingerprint density at radius 1 is 1.38 bits per heavy atom. The predicted octanol–water partition coefficient (Wildman–Crippen LogP) is 3.25. The number of amides is 2. The summed E-state index contributed by atoms with van der Waals surface area (Å²) in [6.07, 6.45) is 0. The summed E-state index contributed by atoms with van der Waals surface area (Å²) in [6, 6.07) is 4.93. The van der Waals surface area contributed by atoms with Crippen molar-refractivity contribution >= 4 is 29.0 Å². The largest absolute Gasteiger partial charge is 0.478 e. The summed E-state index contributed by atoms with van der Waals surface area (Å²) in [5, 5.41) is 15.2. The third kappa shape index (κ3) is 3.79. The second-order valence-corrected chi connectivity index (χ2v) is 5.20. The number of rotatable bonds is 4. The molecular weight excluding hydrogens is 295 g/mol. The van der Waals surface area contributed by atoms with Gasteiger partial charge in [0.15, 0.2) is 0 Å². The van der Waals surface area contributed by atoms with Crippen LogP contribution in [0.1, 0.15) is 15.9 Å². The quantitative estimate of drug-likeness (QED) is 0.911. The highest BCUT2D eigenvalue weighted by molar-refractivity contribution is 7.07. The molecule has 2 rings (SSSR count). The van der Waals surface area contributed by atoms with E-state index in [-0.39, 0.29) is 5.69 Å². The Morgan fingerprint density at radius 3 is 2.76 bits per heavy atom. The molecule has 2 amide bonds. The molecule has 0 saturated carbocycles. The topological polar surface area (TPSA) is 69.6 Å². The lowest BCUT2D eigenvalue weighted by atomic mass is 10.2. The number of urea groups is 1. The summed E-state index contributed by atoms with van der Waals surface area (Å²) in [4.78, 5) is 24.3. The van der Waals surface area contributed by atoms with E-state index in [4.69, 9.17) is 5.11 Å². The highest BCUT2D eigenvalue weighted by Crippen LogP contribution is 2.16. The number of carbonyl (C=O) groups is 2. The Balaban J connectivity index is 2.05. The van der Waals surface area contributed by atoms with Gasteiger partial charge >= 0.3 is 12.0 Å². The van der Waals surface area contributed by atoms with Crippen LogP contribution >= 0.6 is 11.3 Å². The molecule has 0 aliphatic heterocycles. The minimum Gasteiger partial charge on any atom is -0.478 e. The fourth-order valence-corrected chi connectivity index (χ4v) is 2.37. The van der Waals surface area contributed by atoms with Gasteiger partial charge in [-0.15, -0.1) is 0 Å². The second kappa shape index (κ2) is 6.36. The Kier molecular flexibility index (Phi) is 4.54. The molecule has 7 heteroatoms. The van der Waals surface area contributed by atoms with Gasteiger partial charge < -0.3 is 15.3 Å². The maximum atomic E-state index is 13.3. The molecular formula is C14H13FN2O3S. The molecule has 1 heterocycles. The molecule has 0 aliphatic rings. The first kappa shape index (κ1) is 15.0. The van der Waals surface area contributed by atoms with Crippen LogP contribution in [0.15, 0.2) is 35.0 Å². The number of nitrogens with zero attached hydrogens (tertiary/aromatic N) is 1. The molecule has 110 valence electrons. The summed E-state index contributed by atoms with van der Waals surface area (Å²) in [5.41, 5.74) is 0.757. The van der Waals surface area contributed by atoms with Crippen molar-refractivity contribution in [3.63, 3.8) is 0 Å². The smallest absolute Gasteiger partial charge is 0.338 e. The van der Waals surface area contributed by atoms with Crippen LogP contribution in [0.3, 0.4) is 0 Å². The van der Waals surface area contributed by atoms with Gasteiger partial charge in [-0.25, -0.2) is 14.0 Å². The number of carbonyl (C=O) groups excluding carboxylic acids is 1. The number of thiophene rings is 1. The number of carboxylic acids is 1. The maximum Gasteiger partial charge on any atom is 0.338 e. The highest BCUT2D eigenvalue weighted by atomic mass is 32.1. The Bertz CT molecular complexity index is 658. The van der Waals surface area contributed by atoms with E-state index < -0.39 is 23.4 Å². The standard InChI is InChI=1S/C14H13FN2O3S/c1-17(7-9-4-5-21-8-9)14(20)16-10-2-3-12(15)11(6-10)13(18)19/h2-6,8H,7H2,1H3,(H,16,20)(H,18,19). The van der Waals surface area contributed by atoms with E-state index in [2.05, 4.69) is 5.32 Å². The van der Waals surface area contributed by atoms with Crippen molar-refractivity contribution in [2.75, 3.05) is 12.4 Å². The normalized spacial score (nSPS) is 10.2. The third-order valence-corrected chi connectivity index (χ3v) is 3.53. The molecule has 0 radical (unpaired) electrons. The first-order valence-electron chi connectivity index (χ1n) is 6.03. The number of halogens is 1. The van der Waals surface area contributed by atoms with Crippen LogP contribution in [-0.4, -0.2) is 29.1 Å². The average molecular weight is 308 g/mol. The van der Waals surface area contributed by atoms with Gasteiger partial charge in [0.2, 0.25) is 0 Å². The molecule has 2 aromatic rings. The van der Waals surface area contributed by atoms with Crippen molar-refractivity contribution in [3.8, 4) is 0 Å². The van der Waals surface area contributed by atoms with Crippen LogP contribution in [0.2, 0.25) is 0 Å². The molecule has 21 heavy (non-hydrogen) atoms. The molecule has 0 unspecified atom stereocenters. The zero-order valence-corrected chi connectivity index (χ0v) is 12.0. The number of hydrogen-bond donors (Lipinski definition) is 2. The molecule has 0 fully saturated rings. The number of aromatic carboxylic acids is 1. The zero-order valence-electron chi connectivity index (χ0n) is 11.2. The van der Waals surface area contributed by atoms with Crippen molar-refractivity contribution in [2.45, 2.75) is 6.54 Å².